The SMILES string of the molecule is CC1CCC(CCNC(=O)[C@@H]2CC[C@H](C(=O)O)C2)CC1. The van der Waals surface area contributed by atoms with Gasteiger partial charge in [0.15, 0.2) is 0 Å². The second-order valence-corrected chi connectivity index (χ2v) is 6.75. The predicted molar refractivity (Wildman–Crippen MR) is 77.2 cm³/mol. The fraction of sp³-hybridized carbons (Fsp3) is 0.875. The summed E-state index contributed by atoms with van der Waals surface area (Å²) in [6, 6.07) is 0. The van der Waals surface area contributed by atoms with E-state index in [1.54, 1.807) is 0 Å². The van der Waals surface area contributed by atoms with Crippen molar-refractivity contribution in [3.63, 3.8) is 0 Å². The summed E-state index contributed by atoms with van der Waals surface area (Å²) in [5.74, 6) is 0.553. The highest BCUT2D eigenvalue weighted by molar-refractivity contribution is 5.80. The van der Waals surface area contributed by atoms with E-state index < -0.39 is 5.97 Å². The third-order valence-corrected chi connectivity index (χ3v) is 5.14. The molecule has 0 aromatic rings. The second-order valence-electron chi connectivity index (χ2n) is 6.75. The van der Waals surface area contributed by atoms with E-state index in [9.17, 15) is 9.59 Å². The molecule has 0 heterocycles. The maximum absolute atomic E-state index is 12.0. The van der Waals surface area contributed by atoms with Crippen LogP contribution in [0, 0.1) is 23.7 Å². The van der Waals surface area contributed by atoms with Crippen molar-refractivity contribution < 1.29 is 14.7 Å². The van der Waals surface area contributed by atoms with Gasteiger partial charge in [-0.15, -0.1) is 0 Å². The van der Waals surface area contributed by atoms with Gasteiger partial charge in [-0.1, -0.05) is 32.6 Å². The van der Waals surface area contributed by atoms with E-state index in [-0.39, 0.29) is 17.7 Å². The van der Waals surface area contributed by atoms with Crippen LogP contribution in [0.1, 0.15) is 58.3 Å². The summed E-state index contributed by atoms with van der Waals surface area (Å²) >= 11 is 0. The molecule has 114 valence electrons. The fourth-order valence-corrected chi connectivity index (χ4v) is 3.61. The second kappa shape index (κ2) is 7.09. The molecular formula is C16H27NO3. The van der Waals surface area contributed by atoms with Gasteiger partial charge in [0.05, 0.1) is 5.92 Å². The van der Waals surface area contributed by atoms with E-state index in [4.69, 9.17) is 5.11 Å². The average Bonchev–Trinajstić information content (AvgIpc) is 2.91. The smallest absolute Gasteiger partial charge is 0.306 e. The first-order valence-electron chi connectivity index (χ1n) is 8.06. The lowest BCUT2D eigenvalue weighted by Crippen LogP contribution is -2.31. The van der Waals surface area contributed by atoms with Crippen LogP contribution in [0.2, 0.25) is 0 Å². The van der Waals surface area contributed by atoms with Crippen LogP contribution in [0.5, 0.6) is 0 Å². The lowest BCUT2D eigenvalue weighted by Gasteiger charge is -2.26. The Morgan fingerprint density at radius 1 is 1.05 bits per heavy atom. The Morgan fingerprint density at radius 3 is 2.30 bits per heavy atom. The molecule has 0 aromatic carbocycles. The summed E-state index contributed by atoms with van der Waals surface area (Å²) in [5.41, 5.74) is 0. The molecule has 1 amide bonds. The molecule has 4 nitrogen and oxygen atoms in total. The standard InChI is InChI=1S/C16H27NO3/c1-11-2-4-12(5-3-11)8-9-17-15(18)13-6-7-14(10-13)16(19)20/h11-14H,2-10H2,1H3,(H,17,18)(H,19,20)/t11?,12?,13-,14+/m1/s1. The highest BCUT2D eigenvalue weighted by Gasteiger charge is 2.33. The van der Waals surface area contributed by atoms with Gasteiger partial charge >= 0.3 is 5.97 Å². The summed E-state index contributed by atoms with van der Waals surface area (Å²) in [7, 11) is 0. The largest absolute Gasteiger partial charge is 0.481 e. The third-order valence-electron chi connectivity index (χ3n) is 5.14. The lowest BCUT2D eigenvalue weighted by molar-refractivity contribution is -0.141. The molecular weight excluding hydrogens is 254 g/mol. The van der Waals surface area contributed by atoms with Crippen LogP contribution in [-0.2, 0) is 9.59 Å². The minimum Gasteiger partial charge on any atom is -0.481 e. The van der Waals surface area contributed by atoms with Gasteiger partial charge in [-0.2, -0.15) is 0 Å². The number of carbonyl (C=O) groups excluding carboxylic acids is 1. The summed E-state index contributed by atoms with van der Waals surface area (Å²) in [6.07, 6.45) is 8.19. The van der Waals surface area contributed by atoms with Gasteiger partial charge in [0.25, 0.3) is 0 Å². The minimum atomic E-state index is -0.753. The number of rotatable bonds is 5. The van der Waals surface area contributed by atoms with Crippen molar-refractivity contribution in [1.82, 2.24) is 5.32 Å². The van der Waals surface area contributed by atoms with Crippen LogP contribution in [0.25, 0.3) is 0 Å². The molecule has 20 heavy (non-hydrogen) atoms. The lowest BCUT2D eigenvalue weighted by atomic mass is 9.81. The number of carbonyl (C=O) groups is 2. The number of hydrogen-bond donors (Lipinski definition) is 2. The molecule has 0 unspecified atom stereocenters. The topological polar surface area (TPSA) is 66.4 Å². The van der Waals surface area contributed by atoms with Crippen LogP contribution in [-0.4, -0.2) is 23.5 Å². The Bertz CT molecular complexity index is 348. The van der Waals surface area contributed by atoms with Gasteiger partial charge in [0, 0.05) is 12.5 Å². The number of aliphatic carboxylic acids is 1. The molecule has 2 aliphatic carbocycles. The fourth-order valence-electron chi connectivity index (χ4n) is 3.61. The molecule has 0 spiro atoms. The van der Waals surface area contributed by atoms with Crippen LogP contribution < -0.4 is 5.32 Å². The molecule has 0 radical (unpaired) electrons. The zero-order valence-electron chi connectivity index (χ0n) is 12.4. The van der Waals surface area contributed by atoms with E-state index in [0.29, 0.717) is 12.8 Å². The van der Waals surface area contributed by atoms with Crippen molar-refractivity contribution in [2.24, 2.45) is 23.7 Å². The quantitative estimate of drug-likeness (QED) is 0.814. The molecule has 2 fully saturated rings. The number of amides is 1. The molecule has 2 rings (SSSR count). The van der Waals surface area contributed by atoms with Gasteiger partial charge in [-0.25, -0.2) is 0 Å². The molecule has 2 atom stereocenters. The molecule has 4 heteroatoms. The van der Waals surface area contributed by atoms with E-state index in [0.717, 1.165) is 31.2 Å². The summed E-state index contributed by atoms with van der Waals surface area (Å²) in [5, 5.41) is 12.0. The van der Waals surface area contributed by atoms with E-state index in [1.165, 1.54) is 25.7 Å². The van der Waals surface area contributed by atoms with Crippen molar-refractivity contribution >= 4 is 11.9 Å². The van der Waals surface area contributed by atoms with E-state index in [2.05, 4.69) is 12.2 Å². The first kappa shape index (κ1) is 15.3. The highest BCUT2D eigenvalue weighted by Crippen LogP contribution is 2.32. The van der Waals surface area contributed by atoms with E-state index in [1.807, 2.05) is 0 Å². The van der Waals surface area contributed by atoms with Crippen molar-refractivity contribution in [1.29, 1.82) is 0 Å². The molecule has 2 aliphatic rings. The Hall–Kier alpha value is -1.06. The van der Waals surface area contributed by atoms with Gasteiger partial charge in [-0.3, -0.25) is 9.59 Å². The van der Waals surface area contributed by atoms with Gasteiger partial charge in [0.2, 0.25) is 5.91 Å². The normalized spacial score (nSPS) is 33.9. The average molecular weight is 281 g/mol. The molecule has 0 aliphatic heterocycles. The maximum atomic E-state index is 12.0. The molecule has 0 saturated heterocycles. The Labute approximate surface area is 121 Å². The Morgan fingerprint density at radius 2 is 1.70 bits per heavy atom. The van der Waals surface area contributed by atoms with Crippen LogP contribution in [0.3, 0.4) is 0 Å². The number of carboxylic acid groups (broad SMARTS) is 1. The molecule has 2 saturated carbocycles. The zero-order chi connectivity index (χ0) is 14.5. The van der Waals surface area contributed by atoms with Gasteiger partial charge in [0.1, 0.15) is 0 Å². The molecule has 0 bridgehead atoms. The van der Waals surface area contributed by atoms with E-state index >= 15 is 0 Å². The third kappa shape index (κ3) is 4.22. The highest BCUT2D eigenvalue weighted by atomic mass is 16.4. The van der Waals surface area contributed by atoms with Gasteiger partial charge in [-0.05, 0) is 37.5 Å². The first-order valence-corrected chi connectivity index (χ1v) is 8.06. The van der Waals surface area contributed by atoms with Crippen molar-refractivity contribution in [2.45, 2.75) is 58.3 Å². The molecule has 2 N–H and O–H groups in total. The first-order chi connectivity index (χ1) is 9.56. The number of nitrogens with one attached hydrogen (secondary N) is 1. The van der Waals surface area contributed by atoms with Crippen molar-refractivity contribution in [2.75, 3.05) is 6.54 Å². The summed E-state index contributed by atoms with van der Waals surface area (Å²) < 4.78 is 0. The van der Waals surface area contributed by atoms with Gasteiger partial charge < -0.3 is 10.4 Å². The van der Waals surface area contributed by atoms with Crippen LogP contribution in [0.4, 0.5) is 0 Å². The van der Waals surface area contributed by atoms with Crippen molar-refractivity contribution in [3.05, 3.63) is 0 Å². The Balaban J connectivity index is 1.62. The summed E-state index contributed by atoms with van der Waals surface area (Å²) in [6.45, 7) is 3.07. The predicted octanol–water partition coefficient (Wildman–Crippen LogP) is 2.82. The number of hydrogen-bond acceptors (Lipinski definition) is 2. The monoisotopic (exact) mass is 281 g/mol. The maximum Gasteiger partial charge on any atom is 0.306 e. The summed E-state index contributed by atoms with van der Waals surface area (Å²) in [4.78, 5) is 22.9. The minimum absolute atomic E-state index is 0.0675. The zero-order valence-corrected chi connectivity index (χ0v) is 12.4. The van der Waals surface area contributed by atoms with Crippen LogP contribution >= 0.6 is 0 Å². The Kier molecular flexibility index (Phi) is 5.44. The number of carboxylic acids is 1. The molecule has 0 aromatic heterocycles. The van der Waals surface area contributed by atoms with Crippen LogP contribution in [0.15, 0.2) is 0 Å². The van der Waals surface area contributed by atoms with Crippen molar-refractivity contribution in [3.8, 4) is 0 Å².